The number of halogens is 2. The van der Waals surface area contributed by atoms with Crippen LogP contribution in [0.5, 0.6) is 5.75 Å². The monoisotopic (exact) mass is 747 g/mol. The fourth-order valence-corrected chi connectivity index (χ4v) is 6.60. The van der Waals surface area contributed by atoms with Crippen molar-refractivity contribution in [3.63, 3.8) is 0 Å². The Hall–Kier alpha value is -3.72. The van der Waals surface area contributed by atoms with Crippen LogP contribution in [0.3, 0.4) is 0 Å². The van der Waals surface area contributed by atoms with Crippen molar-refractivity contribution < 1.29 is 45.9 Å². The number of hydrogen-bond acceptors (Lipinski definition) is 10. The summed E-state index contributed by atoms with van der Waals surface area (Å²) in [5, 5.41) is 13.3. The highest BCUT2D eigenvalue weighted by molar-refractivity contribution is 6.31. The molecule has 2 atom stereocenters. The van der Waals surface area contributed by atoms with Crippen LogP contribution in [0.15, 0.2) is 48.5 Å². The van der Waals surface area contributed by atoms with Crippen molar-refractivity contribution in [2.24, 2.45) is 0 Å². The first-order valence-electron chi connectivity index (χ1n) is 17.3. The van der Waals surface area contributed by atoms with Crippen molar-refractivity contribution in [2.45, 2.75) is 51.5 Å². The van der Waals surface area contributed by atoms with Gasteiger partial charge in [-0.25, -0.2) is 15.0 Å². The number of aliphatic hydroxyl groups excluding tert-OH is 1. The third kappa shape index (κ3) is 12.5. The lowest BCUT2D eigenvalue weighted by molar-refractivity contribution is -0.933. The summed E-state index contributed by atoms with van der Waals surface area (Å²) in [5.41, 5.74) is 14.6. The molecule has 0 aliphatic carbocycles. The molecule has 2 heterocycles. The van der Waals surface area contributed by atoms with Gasteiger partial charge in [0.1, 0.15) is 5.75 Å². The van der Waals surface area contributed by atoms with Crippen LogP contribution >= 0.6 is 11.6 Å². The molecule has 2 aromatic carbocycles. The van der Waals surface area contributed by atoms with Crippen molar-refractivity contribution in [1.82, 2.24) is 20.3 Å². The van der Waals surface area contributed by atoms with E-state index in [0.29, 0.717) is 18.7 Å². The minimum Gasteiger partial charge on any atom is -1.00 e. The number of ether oxygens (including phenoxy) is 2. The van der Waals surface area contributed by atoms with Gasteiger partial charge in [-0.2, -0.15) is 0 Å². The molecule has 1 aliphatic heterocycles. The highest BCUT2D eigenvalue weighted by Gasteiger charge is 2.35. The van der Waals surface area contributed by atoms with Crippen LogP contribution in [0.1, 0.15) is 64.6 Å². The largest absolute Gasteiger partial charge is 1.00 e. The lowest BCUT2D eigenvalue weighted by atomic mass is 9.99. The number of carbonyl (C=O) groups excluding carboxylic acids is 2. The maximum Gasteiger partial charge on any atom is 0.277 e. The summed E-state index contributed by atoms with van der Waals surface area (Å²) < 4.78 is 11.4. The van der Waals surface area contributed by atoms with Crippen molar-refractivity contribution in [3.05, 3.63) is 76.1 Å². The van der Waals surface area contributed by atoms with E-state index in [2.05, 4.69) is 27.4 Å². The van der Waals surface area contributed by atoms with E-state index in [4.69, 9.17) is 42.5 Å². The number of anilines is 2. The number of carbonyl (C=O) groups is 2. The highest BCUT2D eigenvalue weighted by atomic mass is 35.5. The average Bonchev–Trinajstić information content (AvgIpc) is 3.12. The van der Waals surface area contributed by atoms with Gasteiger partial charge in [0.25, 0.3) is 11.8 Å². The number of methoxy groups -OCH3 is 1. The third-order valence-electron chi connectivity index (χ3n) is 9.03. The number of aliphatic hydroxyl groups is 1. The van der Waals surface area contributed by atoms with Gasteiger partial charge >= 0.3 is 0 Å². The van der Waals surface area contributed by atoms with Gasteiger partial charge in [0.2, 0.25) is 0 Å². The van der Waals surface area contributed by atoms with Gasteiger partial charge in [-0.15, -0.1) is 0 Å². The lowest BCUT2D eigenvalue weighted by Crippen LogP contribution is -3.00. The van der Waals surface area contributed by atoms with E-state index < -0.39 is 5.91 Å². The van der Waals surface area contributed by atoms with Crippen LogP contribution < -0.4 is 33.9 Å². The summed E-state index contributed by atoms with van der Waals surface area (Å²) in [7, 11) is 1.67. The summed E-state index contributed by atoms with van der Waals surface area (Å²) in [6.07, 6.45) is 5.57. The number of piperidine rings is 1. The number of nitrogens with zero attached hydrogens (tertiary/aromatic N) is 4. The Labute approximate surface area is 311 Å². The van der Waals surface area contributed by atoms with Gasteiger partial charge in [-0.05, 0) is 68.0 Å². The number of aryl methyl sites for hydroxylation is 2. The smallest absolute Gasteiger partial charge is 0.277 e. The van der Waals surface area contributed by atoms with E-state index >= 15 is 0 Å². The second kappa shape index (κ2) is 21.0. The fraction of sp³-hybridized carbons (Fsp3) is 0.500. The van der Waals surface area contributed by atoms with E-state index in [0.717, 1.165) is 80.5 Å². The number of nitrogens with one attached hydrogen (secondary N) is 1. The molecule has 13 nitrogen and oxygen atoms in total. The van der Waals surface area contributed by atoms with E-state index in [1.165, 1.54) is 10.6 Å². The topological polar surface area (TPSA) is 175 Å². The first-order chi connectivity index (χ1) is 24.2. The zero-order valence-corrected chi connectivity index (χ0v) is 31.0. The maximum atomic E-state index is 13.2. The molecule has 0 bridgehead atoms. The van der Waals surface area contributed by atoms with E-state index in [9.17, 15) is 9.59 Å². The summed E-state index contributed by atoms with van der Waals surface area (Å²) >= 11 is 6.05. The number of nitrogen functional groups attached to an aromatic ring is 2. The van der Waals surface area contributed by atoms with Crippen LogP contribution in [-0.4, -0.2) is 109 Å². The molecule has 1 saturated heterocycles. The van der Waals surface area contributed by atoms with Crippen LogP contribution in [0.4, 0.5) is 11.6 Å². The quantitative estimate of drug-likeness (QED) is 0.0776. The zero-order chi connectivity index (χ0) is 35.9. The minimum absolute atomic E-state index is 0. The van der Waals surface area contributed by atoms with Crippen LogP contribution in [0, 0.1) is 0 Å². The van der Waals surface area contributed by atoms with E-state index in [1.807, 2.05) is 43.3 Å². The number of hydrogen-bond donors (Lipinski definition) is 4. The molecule has 280 valence electrons. The van der Waals surface area contributed by atoms with Gasteiger partial charge in [0.15, 0.2) is 22.5 Å². The van der Waals surface area contributed by atoms with Crippen molar-refractivity contribution in [3.8, 4) is 5.75 Å². The molecule has 0 spiro atoms. The number of benzene rings is 2. The molecule has 0 saturated carbocycles. The highest BCUT2D eigenvalue weighted by Crippen LogP contribution is 2.24. The summed E-state index contributed by atoms with van der Waals surface area (Å²) in [6.45, 7) is 6.67. The predicted molar refractivity (Wildman–Crippen MR) is 193 cm³/mol. The molecule has 3 aromatic rings. The molecular formula is C36H51Cl2N7O6. The molecular weight excluding hydrogens is 697 g/mol. The van der Waals surface area contributed by atoms with Gasteiger partial charge in [0, 0.05) is 24.9 Å². The Morgan fingerprint density at radius 2 is 1.63 bits per heavy atom. The SMILES string of the molecule is CCN(OCCOCCO)C(=O)c1ccc(CCC[N+]2(CCCc3ccc(OC)cc3)CCCC(NC(=O)c3nc(Cl)c(N)nc3N)C2)cc1.[Cl-]. The maximum absolute atomic E-state index is 13.2. The van der Waals surface area contributed by atoms with E-state index in [1.54, 1.807) is 7.11 Å². The number of hydroxylamine groups is 2. The Bertz CT molecular complexity index is 1530. The van der Waals surface area contributed by atoms with E-state index in [-0.39, 0.29) is 66.7 Å². The molecule has 1 aromatic heterocycles. The summed E-state index contributed by atoms with van der Waals surface area (Å²) in [5.74, 6) is 0.163. The Morgan fingerprint density at radius 3 is 2.24 bits per heavy atom. The Kier molecular flexibility index (Phi) is 17.1. The van der Waals surface area contributed by atoms with Gasteiger partial charge in [-0.1, -0.05) is 35.9 Å². The first kappa shape index (κ1) is 41.7. The summed E-state index contributed by atoms with van der Waals surface area (Å²) in [4.78, 5) is 39.9. The standard InChI is InChI=1S/C36H50ClN7O6.ClH/c1-3-43(50-24-23-49-22-21-45)36(47)28-14-10-26(11-15-28)7-4-18-44(19-5-8-27-12-16-30(48-2)17-13-27)20-6-9-29(25-44)40-35(46)31-33(38)42-34(39)32(37)41-31;/h10-17,29,45H,3-9,18-25H2,1-2H3,(H4-,38,39,40,42,46);1H. The molecule has 2 amide bonds. The number of amides is 2. The van der Waals surface area contributed by atoms with Gasteiger partial charge in [-0.3, -0.25) is 14.4 Å². The number of rotatable bonds is 19. The molecule has 0 radical (unpaired) electrons. The molecule has 15 heteroatoms. The second-order valence-electron chi connectivity index (χ2n) is 12.6. The fourth-order valence-electron chi connectivity index (χ4n) is 6.48. The minimum atomic E-state index is -0.406. The Balaban J connectivity index is 0.00000702. The Morgan fingerprint density at radius 1 is 0.980 bits per heavy atom. The second-order valence-corrected chi connectivity index (χ2v) is 12.9. The van der Waals surface area contributed by atoms with Crippen LogP contribution in [-0.2, 0) is 22.4 Å². The molecule has 1 aliphatic rings. The number of nitrogens with two attached hydrogens (primary N) is 2. The zero-order valence-electron chi connectivity index (χ0n) is 29.5. The van der Waals surface area contributed by atoms with Crippen LogP contribution in [0.25, 0.3) is 0 Å². The molecule has 2 unspecified atom stereocenters. The molecule has 1 fully saturated rings. The molecule has 51 heavy (non-hydrogen) atoms. The normalized spacial score (nSPS) is 17.0. The number of aromatic nitrogens is 2. The van der Waals surface area contributed by atoms with Gasteiger partial charge < -0.3 is 48.3 Å². The first-order valence-corrected chi connectivity index (χ1v) is 17.6. The van der Waals surface area contributed by atoms with Crippen molar-refractivity contribution in [1.29, 1.82) is 0 Å². The predicted octanol–water partition coefficient (Wildman–Crippen LogP) is 0.684. The number of likely N-dealkylation sites (tertiary alicyclic amines) is 1. The summed E-state index contributed by atoms with van der Waals surface area (Å²) in [6, 6.07) is 15.8. The van der Waals surface area contributed by atoms with Crippen LogP contribution in [0.2, 0.25) is 5.15 Å². The average molecular weight is 749 g/mol. The van der Waals surface area contributed by atoms with Crippen molar-refractivity contribution in [2.75, 3.05) is 77.7 Å². The lowest BCUT2D eigenvalue weighted by Gasteiger charge is -2.45. The third-order valence-corrected chi connectivity index (χ3v) is 9.31. The molecule has 4 rings (SSSR count). The van der Waals surface area contributed by atoms with Crippen molar-refractivity contribution >= 4 is 35.1 Å². The van der Waals surface area contributed by atoms with Gasteiger partial charge in [0.05, 0.1) is 65.8 Å². The molecule has 6 N–H and O–H groups in total. The number of quaternary nitrogens is 1.